The number of unbranched alkanes of at least 4 members (excludes halogenated alkanes) is 1. The molecular formula is C15H30BN3O5. The lowest BCUT2D eigenvalue weighted by Gasteiger charge is -2.30. The predicted octanol–water partition coefficient (Wildman–Crippen LogP) is -0.743. The quantitative estimate of drug-likeness (QED) is 0.275. The van der Waals surface area contributed by atoms with Gasteiger partial charge in [0.25, 0.3) is 0 Å². The summed E-state index contributed by atoms with van der Waals surface area (Å²) in [5, 5.41) is 30.4. The summed E-state index contributed by atoms with van der Waals surface area (Å²) in [4.78, 5) is 25.7. The van der Waals surface area contributed by atoms with Crippen LogP contribution in [-0.2, 0) is 9.59 Å². The number of likely N-dealkylation sites (N-methyl/N-ethyl adjacent to an activating group) is 1. The van der Waals surface area contributed by atoms with Crippen LogP contribution in [0.25, 0.3) is 0 Å². The highest BCUT2D eigenvalue weighted by Gasteiger charge is 2.46. The normalized spacial score (nSPS) is 24.9. The van der Waals surface area contributed by atoms with Gasteiger partial charge in [-0.2, -0.15) is 0 Å². The van der Waals surface area contributed by atoms with Crippen LogP contribution in [0.15, 0.2) is 0 Å². The van der Waals surface area contributed by atoms with Gasteiger partial charge in [-0.3, -0.25) is 14.9 Å². The minimum atomic E-state index is -1.36. The number of carbonyl (C=O) groups is 2. The molecule has 138 valence electrons. The van der Waals surface area contributed by atoms with Crippen molar-refractivity contribution >= 4 is 19.0 Å². The summed E-state index contributed by atoms with van der Waals surface area (Å²) in [5.41, 5.74) is 4.83. The van der Waals surface area contributed by atoms with E-state index in [9.17, 15) is 14.7 Å². The minimum absolute atomic E-state index is 0.0171. The summed E-state index contributed by atoms with van der Waals surface area (Å²) in [6, 6.07) is -0.817. The summed E-state index contributed by atoms with van der Waals surface area (Å²) in [6.07, 6.45) is 2.01. The lowest BCUT2D eigenvalue weighted by molar-refractivity contribution is -0.145. The first kappa shape index (κ1) is 20.9. The first-order valence-electron chi connectivity index (χ1n) is 8.47. The molecule has 1 aliphatic heterocycles. The average molecular weight is 343 g/mol. The van der Waals surface area contributed by atoms with Gasteiger partial charge in [-0.1, -0.05) is 26.7 Å². The second-order valence-electron chi connectivity index (χ2n) is 7.07. The first-order valence-corrected chi connectivity index (χ1v) is 8.47. The largest absolute Gasteiger partial charge is 0.480 e. The van der Waals surface area contributed by atoms with Crippen LogP contribution in [0.2, 0.25) is 6.32 Å². The third-order valence-corrected chi connectivity index (χ3v) is 4.88. The van der Waals surface area contributed by atoms with Crippen molar-refractivity contribution in [3.8, 4) is 0 Å². The van der Waals surface area contributed by atoms with E-state index in [4.69, 9.17) is 15.8 Å². The molecular weight excluding hydrogens is 313 g/mol. The topological polar surface area (TPSA) is 136 Å². The number of nitrogens with two attached hydrogens (primary N) is 1. The third-order valence-electron chi connectivity index (χ3n) is 4.88. The molecule has 8 nitrogen and oxygen atoms in total. The molecule has 0 spiro atoms. The Morgan fingerprint density at radius 3 is 2.50 bits per heavy atom. The van der Waals surface area contributed by atoms with E-state index in [1.165, 1.54) is 0 Å². The van der Waals surface area contributed by atoms with Gasteiger partial charge in [-0.15, -0.1) is 0 Å². The molecule has 0 aliphatic carbocycles. The number of aliphatic carboxylic acids is 1. The lowest BCUT2D eigenvalue weighted by atomic mass is 9.81. The molecule has 1 unspecified atom stereocenters. The van der Waals surface area contributed by atoms with Gasteiger partial charge in [0, 0.05) is 19.6 Å². The molecule has 0 aromatic heterocycles. The molecule has 0 radical (unpaired) electrons. The molecule has 0 saturated carbocycles. The molecule has 24 heavy (non-hydrogen) atoms. The highest BCUT2D eigenvalue weighted by Crippen LogP contribution is 2.29. The highest BCUT2D eigenvalue weighted by atomic mass is 16.4. The minimum Gasteiger partial charge on any atom is -0.480 e. The number of carboxylic acid groups (broad SMARTS) is 1. The van der Waals surface area contributed by atoms with E-state index < -0.39 is 24.7 Å². The van der Waals surface area contributed by atoms with Gasteiger partial charge in [0.1, 0.15) is 5.54 Å². The summed E-state index contributed by atoms with van der Waals surface area (Å²) >= 11 is 0. The van der Waals surface area contributed by atoms with Crippen LogP contribution < -0.4 is 11.1 Å². The number of hydrogen-bond acceptors (Lipinski definition) is 6. The Bertz CT molecular complexity index is 449. The maximum atomic E-state index is 12.4. The van der Waals surface area contributed by atoms with E-state index in [0.29, 0.717) is 32.2 Å². The Morgan fingerprint density at radius 2 is 2.00 bits per heavy atom. The lowest BCUT2D eigenvalue weighted by Crippen LogP contribution is -2.49. The van der Waals surface area contributed by atoms with E-state index in [0.717, 1.165) is 0 Å². The summed E-state index contributed by atoms with van der Waals surface area (Å²) < 4.78 is 0. The average Bonchev–Trinajstić information content (AvgIpc) is 2.95. The number of carboxylic acids is 1. The second-order valence-corrected chi connectivity index (χ2v) is 7.07. The molecule has 1 aliphatic rings. The van der Waals surface area contributed by atoms with Crippen LogP contribution >= 0.6 is 0 Å². The smallest absolute Gasteiger partial charge is 0.451 e. The Labute approximate surface area is 143 Å². The van der Waals surface area contributed by atoms with Crippen molar-refractivity contribution in [3.05, 3.63) is 0 Å². The Balaban J connectivity index is 2.66. The predicted molar refractivity (Wildman–Crippen MR) is 91.2 cm³/mol. The van der Waals surface area contributed by atoms with E-state index >= 15 is 0 Å². The first-order chi connectivity index (χ1) is 11.1. The molecule has 0 aromatic rings. The van der Waals surface area contributed by atoms with E-state index in [-0.39, 0.29) is 24.2 Å². The van der Waals surface area contributed by atoms with Gasteiger partial charge in [-0.05, 0) is 25.1 Å². The highest BCUT2D eigenvalue weighted by molar-refractivity contribution is 6.40. The van der Waals surface area contributed by atoms with Crippen molar-refractivity contribution in [1.82, 2.24) is 10.2 Å². The number of nitrogens with zero attached hydrogens (tertiary/aromatic N) is 1. The summed E-state index contributed by atoms with van der Waals surface area (Å²) in [6.45, 7) is 4.16. The van der Waals surface area contributed by atoms with E-state index in [1.807, 2.05) is 13.8 Å². The molecule has 0 aromatic carbocycles. The summed E-state index contributed by atoms with van der Waals surface area (Å²) in [5.74, 6) is -1.10. The van der Waals surface area contributed by atoms with Crippen LogP contribution in [0, 0.1) is 5.92 Å². The van der Waals surface area contributed by atoms with Gasteiger partial charge in [0.05, 0.1) is 6.04 Å². The molecule has 1 rings (SSSR count). The van der Waals surface area contributed by atoms with Crippen LogP contribution in [0.5, 0.6) is 0 Å². The van der Waals surface area contributed by atoms with Crippen molar-refractivity contribution < 1.29 is 24.7 Å². The zero-order valence-corrected chi connectivity index (χ0v) is 14.7. The van der Waals surface area contributed by atoms with Crippen LogP contribution in [0.4, 0.5) is 0 Å². The third kappa shape index (κ3) is 5.17. The fraction of sp³-hybridized carbons (Fsp3) is 0.867. The monoisotopic (exact) mass is 343 g/mol. The molecule has 1 heterocycles. The maximum absolute atomic E-state index is 12.4. The van der Waals surface area contributed by atoms with Gasteiger partial charge in [-0.25, -0.2) is 0 Å². The Morgan fingerprint density at radius 1 is 1.38 bits per heavy atom. The van der Waals surface area contributed by atoms with E-state index in [1.54, 1.807) is 11.9 Å². The van der Waals surface area contributed by atoms with Gasteiger partial charge >= 0.3 is 13.1 Å². The van der Waals surface area contributed by atoms with Crippen molar-refractivity contribution in [2.24, 2.45) is 11.7 Å². The second kappa shape index (κ2) is 8.80. The zero-order valence-electron chi connectivity index (χ0n) is 14.7. The fourth-order valence-electron chi connectivity index (χ4n) is 3.05. The van der Waals surface area contributed by atoms with Crippen molar-refractivity contribution in [2.45, 2.75) is 63.5 Å². The molecule has 1 fully saturated rings. The molecule has 1 amide bonds. The van der Waals surface area contributed by atoms with Crippen molar-refractivity contribution in [2.75, 3.05) is 13.6 Å². The van der Waals surface area contributed by atoms with Crippen LogP contribution in [-0.4, -0.2) is 70.3 Å². The fourth-order valence-corrected chi connectivity index (χ4v) is 3.05. The Kier molecular flexibility index (Phi) is 7.66. The molecule has 9 heteroatoms. The van der Waals surface area contributed by atoms with Gasteiger partial charge < -0.3 is 25.8 Å². The van der Waals surface area contributed by atoms with Crippen LogP contribution in [0.1, 0.15) is 39.5 Å². The SMILES string of the molecule is CC(C)[C@H](N)C(=O)N(C)C1CN[C@](CCCCB(O)O)(C(=O)O)C1. The number of hydrogen-bond donors (Lipinski definition) is 5. The Hall–Kier alpha value is -1.16. The standard InChI is InChI=1S/C15H30BN3O5/c1-10(2)12(17)13(20)19(3)11-8-15(14(21)22,18-9-11)6-4-5-7-16(23)24/h10-12,18,23-24H,4-9,17H2,1-3H3,(H,21,22)/t11?,12-,15-/m0/s1. The molecule has 3 atom stereocenters. The van der Waals surface area contributed by atoms with E-state index in [2.05, 4.69) is 5.32 Å². The van der Waals surface area contributed by atoms with Crippen molar-refractivity contribution in [3.63, 3.8) is 0 Å². The van der Waals surface area contributed by atoms with Gasteiger partial charge in [0.2, 0.25) is 5.91 Å². The number of nitrogens with one attached hydrogen (secondary N) is 1. The maximum Gasteiger partial charge on any atom is 0.451 e. The molecule has 0 bridgehead atoms. The molecule has 1 saturated heterocycles. The number of rotatable bonds is 9. The summed E-state index contributed by atoms with van der Waals surface area (Å²) in [7, 11) is 0.299. The van der Waals surface area contributed by atoms with Crippen LogP contribution in [0.3, 0.4) is 0 Å². The zero-order chi connectivity index (χ0) is 18.5. The number of amides is 1. The molecule has 6 N–H and O–H groups in total. The van der Waals surface area contributed by atoms with Crippen molar-refractivity contribution in [1.29, 1.82) is 0 Å². The number of carbonyl (C=O) groups excluding carboxylic acids is 1. The van der Waals surface area contributed by atoms with Gasteiger partial charge in [0.15, 0.2) is 0 Å².